The lowest BCUT2D eigenvalue weighted by Gasteiger charge is -2.26. The summed E-state index contributed by atoms with van der Waals surface area (Å²) in [5.41, 5.74) is 10.6. The second-order valence-corrected chi connectivity index (χ2v) is 11.1. The molecular formula is C32H31ClN6O4. The molecule has 220 valence electrons. The minimum Gasteiger partial charge on any atom is -0.418 e. The van der Waals surface area contributed by atoms with Crippen molar-refractivity contribution in [1.29, 1.82) is 0 Å². The highest BCUT2D eigenvalue weighted by Gasteiger charge is 2.34. The van der Waals surface area contributed by atoms with E-state index >= 15 is 0 Å². The first-order chi connectivity index (χ1) is 20.6. The molecule has 1 aliphatic heterocycles. The average molecular weight is 599 g/mol. The predicted molar refractivity (Wildman–Crippen MR) is 163 cm³/mol. The zero-order valence-corrected chi connectivity index (χ0v) is 24.7. The van der Waals surface area contributed by atoms with E-state index in [9.17, 15) is 14.4 Å². The largest absolute Gasteiger partial charge is 0.418 e. The van der Waals surface area contributed by atoms with Gasteiger partial charge in [-0.1, -0.05) is 85.6 Å². The van der Waals surface area contributed by atoms with Gasteiger partial charge in [-0.2, -0.15) is 0 Å². The van der Waals surface area contributed by atoms with Crippen LogP contribution in [0.4, 0.5) is 5.69 Å². The number of benzene rings is 3. The number of hydrogen-bond acceptors (Lipinski definition) is 8. The third-order valence-electron chi connectivity index (χ3n) is 7.04. The number of nitrogens with one attached hydrogen (secondary N) is 1. The van der Waals surface area contributed by atoms with Crippen LogP contribution in [-0.4, -0.2) is 52.3 Å². The number of nitrogens with two attached hydrogens (primary N) is 1. The number of nitrogens with zero attached hydrogens (tertiary/aromatic N) is 4. The lowest BCUT2D eigenvalue weighted by atomic mass is 9.99. The zero-order valence-electron chi connectivity index (χ0n) is 24.0. The maximum Gasteiger partial charge on any atom is 0.286 e. The van der Waals surface area contributed by atoms with Crippen molar-refractivity contribution in [3.63, 3.8) is 0 Å². The van der Waals surface area contributed by atoms with Gasteiger partial charge in [0.05, 0.1) is 23.9 Å². The Hall–Kier alpha value is -4.67. The SMILES string of the molecule is Cc1cccc(Cc2nnc(C(=O)C(NC(=O)CN3C(=O)C(N)N=C(c4ccc(Cl)cc4)c4ccccc43)C(C)C)o2)c1. The van der Waals surface area contributed by atoms with Crippen LogP contribution in [0.1, 0.15) is 52.7 Å². The first-order valence-corrected chi connectivity index (χ1v) is 14.2. The summed E-state index contributed by atoms with van der Waals surface area (Å²) in [5, 5.41) is 11.3. The molecule has 0 fully saturated rings. The molecule has 2 atom stereocenters. The number of carbonyl (C=O) groups excluding carboxylic acids is 3. The molecule has 1 aliphatic rings. The lowest BCUT2D eigenvalue weighted by molar-refractivity contribution is -0.124. The molecule has 4 aromatic rings. The van der Waals surface area contributed by atoms with Crippen molar-refractivity contribution in [3.8, 4) is 0 Å². The first-order valence-electron chi connectivity index (χ1n) is 13.8. The zero-order chi connectivity index (χ0) is 30.7. The van der Waals surface area contributed by atoms with Crippen molar-refractivity contribution < 1.29 is 18.8 Å². The standard InChI is InChI=1S/C32H31ClN6O4/c1-18(2)27(29(41)31-38-37-26(43-31)16-20-8-6-7-19(3)15-20)35-25(40)17-39-24-10-5-4-9-23(24)28(36-30(34)32(39)42)21-11-13-22(33)14-12-21/h4-15,18,27,30H,16-17,34H2,1-3H3,(H,35,40). The molecule has 0 bridgehead atoms. The van der Waals surface area contributed by atoms with Gasteiger partial charge in [0, 0.05) is 16.1 Å². The Balaban J connectivity index is 1.34. The van der Waals surface area contributed by atoms with E-state index in [0.717, 1.165) is 16.7 Å². The van der Waals surface area contributed by atoms with E-state index in [0.29, 0.717) is 34.3 Å². The Morgan fingerprint density at radius 3 is 2.51 bits per heavy atom. The smallest absolute Gasteiger partial charge is 0.286 e. The molecule has 0 radical (unpaired) electrons. The summed E-state index contributed by atoms with van der Waals surface area (Å²) in [4.78, 5) is 46.0. The van der Waals surface area contributed by atoms with E-state index in [1.807, 2.05) is 43.3 Å². The molecule has 2 heterocycles. The van der Waals surface area contributed by atoms with Gasteiger partial charge in [0.1, 0.15) is 6.54 Å². The average Bonchev–Trinajstić information content (AvgIpc) is 3.42. The Morgan fingerprint density at radius 2 is 1.79 bits per heavy atom. The molecule has 3 aromatic carbocycles. The number of aliphatic imine (C=N–C) groups is 1. The number of aryl methyl sites for hydroxylation is 1. The molecule has 10 nitrogen and oxygen atoms in total. The summed E-state index contributed by atoms with van der Waals surface area (Å²) >= 11 is 6.07. The number of halogens is 1. The number of Topliss-reactive ketones (excluding diaryl/α,β-unsaturated/α-hetero) is 1. The van der Waals surface area contributed by atoms with Crippen LogP contribution in [-0.2, 0) is 16.0 Å². The van der Waals surface area contributed by atoms with Crippen molar-refractivity contribution >= 4 is 40.6 Å². The number of benzodiazepines with no additional fused rings is 1. The molecule has 0 spiro atoms. The van der Waals surface area contributed by atoms with Crippen LogP contribution in [0, 0.1) is 12.8 Å². The lowest BCUT2D eigenvalue weighted by Crippen LogP contribution is -2.51. The summed E-state index contributed by atoms with van der Waals surface area (Å²) in [5.74, 6) is -1.84. The first kappa shape index (κ1) is 29.8. The number of fused-ring (bicyclic) bond motifs is 1. The van der Waals surface area contributed by atoms with Crippen molar-refractivity contribution in [3.05, 3.63) is 112 Å². The summed E-state index contributed by atoms with van der Waals surface area (Å²) < 4.78 is 5.68. The molecule has 5 rings (SSSR count). The fourth-order valence-corrected chi connectivity index (χ4v) is 5.03. The summed E-state index contributed by atoms with van der Waals surface area (Å²) in [6, 6.07) is 21.0. The van der Waals surface area contributed by atoms with Gasteiger partial charge in [-0.15, -0.1) is 10.2 Å². The number of ketones is 1. The van der Waals surface area contributed by atoms with Crippen molar-refractivity contribution in [1.82, 2.24) is 15.5 Å². The minimum atomic E-state index is -1.25. The third-order valence-corrected chi connectivity index (χ3v) is 7.29. The van der Waals surface area contributed by atoms with E-state index in [1.165, 1.54) is 4.90 Å². The number of rotatable bonds is 9. The van der Waals surface area contributed by atoms with E-state index < -0.39 is 29.8 Å². The summed E-state index contributed by atoms with van der Waals surface area (Å²) in [6.07, 6.45) is -0.879. The topological polar surface area (TPSA) is 144 Å². The van der Waals surface area contributed by atoms with E-state index in [2.05, 4.69) is 20.5 Å². The highest BCUT2D eigenvalue weighted by atomic mass is 35.5. The molecule has 0 aliphatic carbocycles. The number of carbonyl (C=O) groups is 3. The van der Waals surface area contributed by atoms with Crippen LogP contribution in [0.25, 0.3) is 0 Å². The Kier molecular flexibility index (Phi) is 8.79. The van der Waals surface area contributed by atoms with Crippen LogP contribution < -0.4 is 16.0 Å². The van der Waals surface area contributed by atoms with Crippen LogP contribution in [0.2, 0.25) is 5.02 Å². The third kappa shape index (κ3) is 6.71. The molecule has 0 saturated carbocycles. The number of hydrogen-bond donors (Lipinski definition) is 2. The number of aromatic nitrogens is 2. The van der Waals surface area contributed by atoms with Crippen molar-refractivity contribution in [2.24, 2.45) is 16.6 Å². The molecule has 11 heteroatoms. The molecule has 0 saturated heterocycles. The van der Waals surface area contributed by atoms with E-state index in [1.54, 1.807) is 50.2 Å². The molecule has 2 unspecified atom stereocenters. The van der Waals surface area contributed by atoms with Gasteiger partial charge in [-0.3, -0.25) is 24.3 Å². The Bertz CT molecular complexity index is 1700. The number of anilines is 1. The van der Waals surface area contributed by atoms with Crippen LogP contribution >= 0.6 is 11.6 Å². The molecular weight excluding hydrogens is 568 g/mol. The fourth-order valence-electron chi connectivity index (χ4n) is 4.90. The maximum absolute atomic E-state index is 13.4. The molecule has 43 heavy (non-hydrogen) atoms. The predicted octanol–water partition coefficient (Wildman–Crippen LogP) is 4.11. The normalized spacial score (nSPS) is 15.5. The molecule has 3 N–H and O–H groups in total. The maximum atomic E-state index is 13.4. The van der Waals surface area contributed by atoms with Crippen molar-refractivity contribution in [2.75, 3.05) is 11.4 Å². The number of para-hydroxylation sites is 1. The highest BCUT2D eigenvalue weighted by molar-refractivity contribution is 6.31. The van der Waals surface area contributed by atoms with Crippen LogP contribution in [0.5, 0.6) is 0 Å². The second-order valence-electron chi connectivity index (χ2n) is 10.7. The van der Waals surface area contributed by atoms with Gasteiger partial charge in [0.15, 0.2) is 6.17 Å². The molecule has 2 amide bonds. The van der Waals surface area contributed by atoms with Gasteiger partial charge in [0.25, 0.3) is 11.8 Å². The van der Waals surface area contributed by atoms with E-state index in [-0.39, 0.29) is 18.4 Å². The highest BCUT2D eigenvalue weighted by Crippen LogP contribution is 2.28. The fraction of sp³-hybridized carbons (Fsp3) is 0.250. The summed E-state index contributed by atoms with van der Waals surface area (Å²) in [6.45, 7) is 5.19. The monoisotopic (exact) mass is 598 g/mol. The second kappa shape index (κ2) is 12.7. The van der Waals surface area contributed by atoms with Gasteiger partial charge in [0.2, 0.25) is 17.6 Å². The van der Waals surface area contributed by atoms with Gasteiger partial charge in [-0.05, 0) is 36.6 Å². The van der Waals surface area contributed by atoms with Crippen LogP contribution in [0.15, 0.2) is 82.2 Å². The van der Waals surface area contributed by atoms with Crippen LogP contribution in [0.3, 0.4) is 0 Å². The van der Waals surface area contributed by atoms with Gasteiger partial charge in [-0.25, -0.2) is 0 Å². The van der Waals surface area contributed by atoms with Gasteiger partial charge >= 0.3 is 0 Å². The Labute approximate surface area is 254 Å². The molecule has 1 aromatic heterocycles. The van der Waals surface area contributed by atoms with Gasteiger partial charge < -0.3 is 15.5 Å². The summed E-state index contributed by atoms with van der Waals surface area (Å²) in [7, 11) is 0. The number of amides is 2. The van der Waals surface area contributed by atoms with Crippen molar-refractivity contribution in [2.45, 2.75) is 39.4 Å². The quantitative estimate of drug-likeness (QED) is 0.276. The van der Waals surface area contributed by atoms with E-state index in [4.69, 9.17) is 21.8 Å². The Morgan fingerprint density at radius 1 is 1.05 bits per heavy atom. The minimum absolute atomic E-state index is 0.194.